The smallest absolute Gasteiger partial charge is 0.273 e. The molecule has 9 heteroatoms. The summed E-state index contributed by atoms with van der Waals surface area (Å²) in [7, 11) is 0. The number of nitrogens with zero attached hydrogens (tertiary/aromatic N) is 4. The summed E-state index contributed by atoms with van der Waals surface area (Å²) in [6, 6.07) is 16.5. The van der Waals surface area contributed by atoms with Crippen LogP contribution >= 0.6 is 0 Å². The van der Waals surface area contributed by atoms with Crippen LogP contribution in [0.4, 0.5) is 0 Å². The van der Waals surface area contributed by atoms with Gasteiger partial charge in [0.25, 0.3) is 11.8 Å². The molecule has 32 heavy (non-hydrogen) atoms. The highest BCUT2D eigenvalue weighted by molar-refractivity contribution is 6.00. The van der Waals surface area contributed by atoms with Crippen molar-refractivity contribution >= 4 is 11.8 Å². The fourth-order valence-electron chi connectivity index (χ4n) is 3.31. The van der Waals surface area contributed by atoms with E-state index >= 15 is 0 Å². The highest BCUT2D eigenvalue weighted by Crippen LogP contribution is 2.20. The molecule has 0 aliphatic rings. The zero-order valence-electron chi connectivity index (χ0n) is 17.9. The molecule has 2 amide bonds. The van der Waals surface area contributed by atoms with Gasteiger partial charge in [0, 0.05) is 16.7 Å². The Balaban J connectivity index is 1.36. The molecule has 0 unspecified atom stereocenters. The quantitative estimate of drug-likeness (QED) is 0.471. The van der Waals surface area contributed by atoms with E-state index < -0.39 is 11.8 Å². The Morgan fingerprint density at radius 1 is 0.906 bits per heavy atom. The van der Waals surface area contributed by atoms with E-state index in [0.29, 0.717) is 35.0 Å². The van der Waals surface area contributed by atoms with Crippen LogP contribution in [-0.2, 0) is 6.54 Å². The van der Waals surface area contributed by atoms with Crippen LogP contribution < -0.4 is 10.9 Å². The Hall–Kier alpha value is -4.27. The number of amides is 2. The summed E-state index contributed by atoms with van der Waals surface area (Å²) in [4.78, 5) is 26.3. The maximum Gasteiger partial charge on any atom is 0.273 e. The van der Waals surface area contributed by atoms with E-state index in [1.165, 1.54) is 4.80 Å². The number of furan rings is 1. The van der Waals surface area contributed by atoms with Crippen LogP contribution in [0.5, 0.6) is 0 Å². The molecule has 2 aromatic heterocycles. The SMILES string of the molecule is Cc1oc(C)c(C(=O)NNC(=O)c2ccc(Cn3nnc(-c4ccccc4)n3)cc2)c1C. The molecular weight excluding hydrogens is 408 g/mol. The van der Waals surface area contributed by atoms with Crippen molar-refractivity contribution in [1.29, 1.82) is 0 Å². The van der Waals surface area contributed by atoms with Gasteiger partial charge < -0.3 is 4.42 Å². The summed E-state index contributed by atoms with van der Waals surface area (Å²) in [5, 5.41) is 12.5. The van der Waals surface area contributed by atoms with Gasteiger partial charge in [-0.1, -0.05) is 42.5 Å². The first-order valence-electron chi connectivity index (χ1n) is 10.0. The molecule has 0 atom stereocenters. The molecule has 2 heterocycles. The van der Waals surface area contributed by atoms with Gasteiger partial charge in [-0.3, -0.25) is 20.4 Å². The fourth-order valence-corrected chi connectivity index (χ4v) is 3.31. The molecule has 0 aliphatic carbocycles. The Bertz CT molecular complexity index is 1260. The highest BCUT2D eigenvalue weighted by Gasteiger charge is 2.19. The van der Waals surface area contributed by atoms with Crippen molar-refractivity contribution in [2.24, 2.45) is 0 Å². The first kappa shape index (κ1) is 21.0. The topological polar surface area (TPSA) is 115 Å². The van der Waals surface area contributed by atoms with Gasteiger partial charge in [0.15, 0.2) is 0 Å². The lowest BCUT2D eigenvalue weighted by Crippen LogP contribution is -2.42. The second-order valence-corrected chi connectivity index (χ2v) is 7.33. The lowest BCUT2D eigenvalue weighted by Gasteiger charge is -2.08. The number of nitrogens with one attached hydrogen (secondary N) is 2. The van der Waals surface area contributed by atoms with Gasteiger partial charge in [-0.2, -0.15) is 4.80 Å². The third-order valence-corrected chi connectivity index (χ3v) is 5.10. The molecule has 162 valence electrons. The standard InChI is InChI=1S/C23H22N6O3/c1-14-15(2)32-16(3)20(14)23(31)26-25-22(30)19-11-9-17(10-12-19)13-29-27-21(24-28-29)18-7-5-4-6-8-18/h4-12H,13H2,1-3H3,(H,25,30)(H,26,31). The Kier molecular flexibility index (Phi) is 5.80. The molecule has 4 aromatic rings. The van der Waals surface area contributed by atoms with Gasteiger partial charge >= 0.3 is 0 Å². The van der Waals surface area contributed by atoms with Crippen LogP contribution in [0, 0.1) is 20.8 Å². The molecule has 0 saturated carbocycles. The maximum absolute atomic E-state index is 12.4. The Labute approximate surface area is 184 Å². The van der Waals surface area contributed by atoms with Crippen molar-refractivity contribution in [2.45, 2.75) is 27.3 Å². The third-order valence-electron chi connectivity index (χ3n) is 5.10. The van der Waals surface area contributed by atoms with E-state index in [1.807, 2.05) is 30.3 Å². The summed E-state index contributed by atoms with van der Waals surface area (Å²) in [6.45, 7) is 5.71. The third kappa shape index (κ3) is 4.41. The van der Waals surface area contributed by atoms with Gasteiger partial charge in [0.1, 0.15) is 11.5 Å². The molecule has 0 spiro atoms. The second kappa shape index (κ2) is 8.84. The summed E-state index contributed by atoms with van der Waals surface area (Å²) < 4.78 is 5.46. The van der Waals surface area contributed by atoms with E-state index in [4.69, 9.17) is 4.42 Å². The van der Waals surface area contributed by atoms with E-state index in [1.54, 1.807) is 45.0 Å². The number of aromatic nitrogens is 4. The zero-order chi connectivity index (χ0) is 22.7. The van der Waals surface area contributed by atoms with Crippen molar-refractivity contribution in [1.82, 2.24) is 31.1 Å². The molecule has 0 aliphatic heterocycles. The van der Waals surface area contributed by atoms with Crippen LogP contribution in [0.3, 0.4) is 0 Å². The molecule has 0 radical (unpaired) electrons. The van der Waals surface area contributed by atoms with Crippen LogP contribution in [0.25, 0.3) is 11.4 Å². The minimum absolute atomic E-state index is 0.405. The number of hydrogen-bond donors (Lipinski definition) is 2. The highest BCUT2D eigenvalue weighted by atomic mass is 16.3. The number of aryl methyl sites for hydroxylation is 2. The monoisotopic (exact) mass is 430 g/mol. The normalized spacial score (nSPS) is 10.7. The predicted octanol–water partition coefficient (Wildman–Crippen LogP) is 2.98. The van der Waals surface area contributed by atoms with Crippen molar-refractivity contribution in [3.8, 4) is 11.4 Å². The molecule has 2 N–H and O–H groups in total. The van der Waals surface area contributed by atoms with Gasteiger partial charge in [-0.05, 0) is 43.7 Å². The average Bonchev–Trinajstić information content (AvgIpc) is 3.36. The number of carbonyl (C=O) groups is 2. The van der Waals surface area contributed by atoms with Gasteiger partial charge in [0.05, 0.1) is 12.1 Å². The zero-order valence-corrected chi connectivity index (χ0v) is 17.9. The summed E-state index contributed by atoms with van der Waals surface area (Å²) in [5.41, 5.74) is 8.24. The van der Waals surface area contributed by atoms with E-state index in [-0.39, 0.29) is 0 Å². The van der Waals surface area contributed by atoms with E-state index in [2.05, 4.69) is 26.3 Å². The summed E-state index contributed by atoms with van der Waals surface area (Å²) in [5.74, 6) is 0.884. The number of hydrogen-bond acceptors (Lipinski definition) is 6. The maximum atomic E-state index is 12.4. The summed E-state index contributed by atoms with van der Waals surface area (Å²) >= 11 is 0. The van der Waals surface area contributed by atoms with Crippen LogP contribution in [0.2, 0.25) is 0 Å². The van der Waals surface area contributed by atoms with E-state index in [9.17, 15) is 9.59 Å². The van der Waals surface area contributed by atoms with Crippen LogP contribution in [0.15, 0.2) is 59.0 Å². The van der Waals surface area contributed by atoms with Crippen LogP contribution in [-0.4, -0.2) is 32.0 Å². The van der Waals surface area contributed by atoms with Gasteiger partial charge in [-0.25, -0.2) is 0 Å². The molecule has 0 bridgehead atoms. The number of hydrazine groups is 1. The molecule has 0 saturated heterocycles. The Morgan fingerprint density at radius 2 is 1.59 bits per heavy atom. The Morgan fingerprint density at radius 3 is 2.25 bits per heavy atom. The number of rotatable bonds is 5. The largest absolute Gasteiger partial charge is 0.466 e. The molecule has 4 rings (SSSR count). The van der Waals surface area contributed by atoms with Gasteiger partial charge in [-0.15, -0.1) is 10.2 Å². The van der Waals surface area contributed by atoms with Crippen molar-refractivity contribution in [3.05, 3.63) is 88.4 Å². The number of carbonyl (C=O) groups excluding carboxylic acids is 2. The molecule has 9 nitrogen and oxygen atoms in total. The molecular formula is C23H22N6O3. The van der Waals surface area contributed by atoms with E-state index in [0.717, 1.165) is 16.7 Å². The minimum atomic E-state index is -0.425. The van der Waals surface area contributed by atoms with Crippen molar-refractivity contribution < 1.29 is 14.0 Å². The lowest BCUT2D eigenvalue weighted by molar-refractivity contribution is 0.0845. The first-order valence-corrected chi connectivity index (χ1v) is 10.0. The van der Waals surface area contributed by atoms with Crippen molar-refractivity contribution in [3.63, 3.8) is 0 Å². The number of tetrazole rings is 1. The average molecular weight is 430 g/mol. The fraction of sp³-hybridized carbons (Fsp3) is 0.174. The van der Waals surface area contributed by atoms with Crippen LogP contribution in [0.1, 0.15) is 43.4 Å². The lowest BCUT2D eigenvalue weighted by atomic mass is 10.1. The molecule has 0 fully saturated rings. The predicted molar refractivity (Wildman–Crippen MR) is 117 cm³/mol. The van der Waals surface area contributed by atoms with Gasteiger partial charge in [0.2, 0.25) is 5.82 Å². The summed E-state index contributed by atoms with van der Waals surface area (Å²) in [6.07, 6.45) is 0. The second-order valence-electron chi connectivity index (χ2n) is 7.33. The van der Waals surface area contributed by atoms with Crippen molar-refractivity contribution in [2.75, 3.05) is 0 Å². The first-order chi connectivity index (χ1) is 15.4. The number of benzene rings is 2. The molecule has 2 aromatic carbocycles. The minimum Gasteiger partial charge on any atom is -0.466 e.